The van der Waals surface area contributed by atoms with E-state index in [0.717, 1.165) is 12.2 Å². The van der Waals surface area contributed by atoms with E-state index in [4.69, 9.17) is 5.73 Å². The molecule has 0 aliphatic rings. The summed E-state index contributed by atoms with van der Waals surface area (Å²) in [6.07, 6.45) is 5.02. The van der Waals surface area contributed by atoms with Gasteiger partial charge in [0.15, 0.2) is 5.82 Å². The summed E-state index contributed by atoms with van der Waals surface area (Å²) in [7, 11) is 0. The predicted molar refractivity (Wildman–Crippen MR) is 62.5 cm³/mol. The smallest absolute Gasteiger partial charge is 0.168 e. The zero-order valence-corrected chi connectivity index (χ0v) is 10.0. The largest absolute Gasteiger partial charge is 0.381 e. The fraction of sp³-hybridized carbons (Fsp3) is 0.818. The van der Waals surface area contributed by atoms with Crippen LogP contribution in [0.4, 0.5) is 5.82 Å². The van der Waals surface area contributed by atoms with Gasteiger partial charge in [-0.05, 0) is 19.3 Å². The number of hydrogen-bond donors (Lipinski definition) is 1. The van der Waals surface area contributed by atoms with Crippen LogP contribution in [0.2, 0.25) is 0 Å². The van der Waals surface area contributed by atoms with Gasteiger partial charge in [-0.3, -0.25) is 0 Å². The molecule has 4 heteroatoms. The summed E-state index contributed by atoms with van der Waals surface area (Å²) in [6.45, 7) is 7.38. The Balaban J connectivity index is 2.54. The van der Waals surface area contributed by atoms with Crippen LogP contribution in [0, 0.1) is 12.8 Å². The Labute approximate surface area is 91.9 Å². The number of anilines is 1. The quantitative estimate of drug-likeness (QED) is 0.784. The van der Waals surface area contributed by atoms with Crippen LogP contribution in [-0.4, -0.2) is 15.0 Å². The summed E-state index contributed by atoms with van der Waals surface area (Å²) in [5.74, 6) is 1.25. The Morgan fingerprint density at radius 2 is 2.13 bits per heavy atom. The van der Waals surface area contributed by atoms with E-state index in [9.17, 15) is 0 Å². The van der Waals surface area contributed by atoms with E-state index >= 15 is 0 Å². The first-order valence-corrected chi connectivity index (χ1v) is 5.84. The molecule has 1 unspecified atom stereocenters. The maximum Gasteiger partial charge on any atom is 0.168 e. The zero-order chi connectivity index (χ0) is 11.3. The van der Waals surface area contributed by atoms with Crippen molar-refractivity contribution in [1.29, 1.82) is 0 Å². The Morgan fingerprint density at radius 1 is 1.40 bits per heavy atom. The van der Waals surface area contributed by atoms with Crippen molar-refractivity contribution in [3.63, 3.8) is 0 Å². The van der Waals surface area contributed by atoms with E-state index in [1.54, 1.807) is 0 Å². The molecule has 1 aromatic heterocycles. The predicted octanol–water partition coefficient (Wildman–Crippen LogP) is 2.39. The summed E-state index contributed by atoms with van der Waals surface area (Å²) in [5, 5.41) is 7.93. The van der Waals surface area contributed by atoms with Gasteiger partial charge in [0.25, 0.3) is 0 Å². The van der Waals surface area contributed by atoms with Gasteiger partial charge in [0, 0.05) is 6.54 Å². The van der Waals surface area contributed by atoms with Gasteiger partial charge in [-0.1, -0.05) is 38.3 Å². The van der Waals surface area contributed by atoms with Gasteiger partial charge in [-0.15, -0.1) is 5.10 Å². The molecular weight excluding hydrogens is 188 g/mol. The van der Waals surface area contributed by atoms with Crippen LogP contribution < -0.4 is 5.73 Å². The molecule has 0 saturated carbocycles. The lowest BCUT2D eigenvalue weighted by atomic mass is 9.99. The lowest BCUT2D eigenvalue weighted by molar-refractivity contribution is 0.364. The van der Waals surface area contributed by atoms with Crippen molar-refractivity contribution in [2.75, 3.05) is 5.73 Å². The second-order valence-electron chi connectivity index (χ2n) is 4.16. The maximum absolute atomic E-state index is 5.66. The third-order valence-electron chi connectivity index (χ3n) is 2.99. The molecule has 1 atom stereocenters. The molecule has 86 valence electrons. The van der Waals surface area contributed by atoms with Gasteiger partial charge >= 0.3 is 0 Å². The summed E-state index contributed by atoms with van der Waals surface area (Å²) >= 11 is 0. The molecule has 1 heterocycles. The minimum Gasteiger partial charge on any atom is -0.381 e. The van der Waals surface area contributed by atoms with Gasteiger partial charge in [-0.25, -0.2) is 4.68 Å². The van der Waals surface area contributed by atoms with Crippen molar-refractivity contribution in [3.8, 4) is 0 Å². The lowest BCUT2D eigenvalue weighted by Crippen LogP contribution is -2.13. The molecule has 15 heavy (non-hydrogen) atoms. The number of nitrogen functional groups attached to an aromatic ring is 1. The van der Waals surface area contributed by atoms with Crippen molar-refractivity contribution >= 4 is 5.82 Å². The van der Waals surface area contributed by atoms with E-state index in [-0.39, 0.29) is 0 Å². The molecule has 0 aliphatic carbocycles. The fourth-order valence-electron chi connectivity index (χ4n) is 1.71. The Kier molecular flexibility index (Phi) is 4.59. The third-order valence-corrected chi connectivity index (χ3v) is 2.99. The molecule has 0 amide bonds. The standard InChI is InChI=1S/C11H22N4/c1-4-6-7-10(5-2)8-15-9(3)11(12)13-14-15/h10H,4-8,12H2,1-3H3. The van der Waals surface area contributed by atoms with E-state index in [2.05, 4.69) is 24.2 Å². The molecule has 0 saturated heterocycles. The SMILES string of the molecule is CCCCC(CC)Cn1nnc(N)c1C. The summed E-state index contributed by atoms with van der Waals surface area (Å²) < 4.78 is 1.93. The molecule has 0 bridgehead atoms. The van der Waals surface area contributed by atoms with Gasteiger partial charge < -0.3 is 5.73 Å². The summed E-state index contributed by atoms with van der Waals surface area (Å²) in [5.41, 5.74) is 6.65. The lowest BCUT2D eigenvalue weighted by Gasteiger charge is -2.14. The van der Waals surface area contributed by atoms with Crippen LogP contribution in [0.3, 0.4) is 0 Å². The Morgan fingerprint density at radius 3 is 2.60 bits per heavy atom. The van der Waals surface area contributed by atoms with Crippen molar-refractivity contribution < 1.29 is 0 Å². The molecule has 0 spiro atoms. The number of hydrogen-bond acceptors (Lipinski definition) is 3. The normalized spacial score (nSPS) is 13.0. The highest BCUT2D eigenvalue weighted by atomic mass is 15.4. The van der Waals surface area contributed by atoms with Gasteiger partial charge in [0.05, 0.1) is 5.69 Å². The first kappa shape index (κ1) is 12.0. The van der Waals surface area contributed by atoms with Crippen LogP contribution in [0.1, 0.15) is 45.2 Å². The van der Waals surface area contributed by atoms with E-state index in [0.29, 0.717) is 11.7 Å². The Bertz CT molecular complexity index is 293. The van der Waals surface area contributed by atoms with E-state index < -0.39 is 0 Å². The van der Waals surface area contributed by atoms with Crippen molar-refractivity contribution in [1.82, 2.24) is 15.0 Å². The molecule has 1 aromatic rings. The Hall–Kier alpha value is -1.06. The molecule has 0 aromatic carbocycles. The monoisotopic (exact) mass is 210 g/mol. The van der Waals surface area contributed by atoms with Crippen molar-refractivity contribution in [2.45, 2.75) is 53.0 Å². The maximum atomic E-state index is 5.66. The molecule has 0 radical (unpaired) electrons. The minimum atomic E-state index is 0.556. The number of unbranched alkanes of at least 4 members (excludes halogenated alkanes) is 1. The van der Waals surface area contributed by atoms with Gasteiger partial charge in [0.2, 0.25) is 0 Å². The van der Waals surface area contributed by atoms with E-state index in [1.165, 1.54) is 25.7 Å². The first-order chi connectivity index (χ1) is 7.19. The molecule has 0 fully saturated rings. The highest BCUT2D eigenvalue weighted by Crippen LogP contribution is 2.16. The number of nitrogens with zero attached hydrogens (tertiary/aromatic N) is 3. The number of aromatic nitrogens is 3. The minimum absolute atomic E-state index is 0.556. The highest BCUT2D eigenvalue weighted by molar-refractivity contribution is 5.31. The second kappa shape index (κ2) is 5.73. The second-order valence-corrected chi connectivity index (χ2v) is 4.16. The molecule has 2 N–H and O–H groups in total. The zero-order valence-electron chi connectivity index (χ0n) is 10.0. The van der Waals surface area contributed by atoms with Gasteiger partial charge in [-0.2, -0.15) is 0 Å². The first-order valence-electron chi connectivity index (χ1n) is 5.84. The van der Waals surface area contributed by atoms with Crippen LogP contribution in [0.25, 0.3) is 0 Å². The molecule has 4 nitrogen and oxygen atoms in total. The van der Waals surface area contributed by atoms with Crippen molar-refractivity contribution in [2.24, 2.45) is 5.92 Å². The van der Waals surface area contributed by atoms with Crippen molar-refractivity contribution in [3.05, 3.63) is 5.69 Å². The topological polar surface area (TPSA) is 56.7 Å². The molecular formula is C11H22N4. The molecule has 1 rings (SSSR count). The van der Waals surface area contributed by atoms with Crippen LogP contribution in [0.15, 0.2) is 0 Å². The third kappa shape index (κ3) is 3.22. The van der Waals surface area contributed by atoms with Crippen LogP contribution >= 0.6 is 0 Å². The number of rotatable bonds is 6. The average Bonchev–Trinajstić information content (AvgIpc) is 2.55. The molecule has 0 aliphatic heterocycles. The van der Waals surface area contributed by atoms with Crippen LogP contribution in [-0.2, 0) is 6.54 Å². The van der Waals surface area contributed by atoms with Crippen LogP contribution in [0.5, 0.6) is 0 Å². The van der Waals surface area contributed by atoms with E-state index in [1.807, 2.05) is 11.6 Å². The fourth-order valence-corrected chi connectivity index (χ4v) is 1.71. The van der Waals surface area contributed by atoms with Gasteiger partial charge in [0.1, 0.15) is 0 Å². The summed E-state index contributed by atoms with van der Waals surface area (Å²) in [4.78, 5) is 0. The highest BCUT2D eigenvalue weighted by Gasteiger charge is 2.11. The number of nitrogens with two attached hydrogens (primary N) is 1. The summed E-state index contributed by atoms with van der Waals surface area (Å²) in [6, 6.07) is 0. The average molecular weight is 210 g/mol.